The van der Waals surface area contributed by atoms with E-state index in [1.807, 2.05) is 0 Å². The number of amides is 1. The van der Waals surface area contributed by atoms with Crippen LogP contribution in [0.4, 0.5) is 0 Å². The van der Waals surface area contributed by atoms with Gasteiger partial charge in [-0.3, -0.25) is 9.59 Å². The van der Waals surface area contributed by atoms with Gasteiger partial charge < -0.3 is 20.3 Å². The zero-order valence-corrected chi connectivity index (χ0v) is 52.0. The minimum atomic E-state index is -0.658. The van der Waals surface area contributed by atoms with Crippen LogP contribution in [-0.2, 0) is 14.3 Å². The molecule has 454 valence electrons. The topological polar surface area (TPSA) is 95.9 Å². The van der Waals surface area contributed by atoms with E-state index in [2.05, 4.69) is 19.2 Å². The molecule has 0 aromatic heterocycles. The lowest BCUT2D eigenvalue weighted by Crippen LogP contribution is -2.45. The summed E-state index contributed by atoms with van der Waals surface area (Å²) < 4.78 is 5.49. The molecule has 6 nitrogen and oxygen atoms in total. The van der Waals surface area contributed by atoms with Gasteiger partial charge in [-0.05, 0) is 25.7 Å². The van der Waals surface area contributed by atoms with Crippen LogP contribution in [0.15, 0.2) is 0 Å². The van der Waals surface area contributed by atoms with Gasteiger partial charge in [-0.2, -0.15) is 0 Å². The number of unbranched alkanes of at least 4 members (excludes halogenated alkanes) is 56. The SMILES string of the molecule is CCCCCCCCCCCCCCC(=O)OCCCCCCCCCCCCCCCCCCCCCCCCCCCCCCCCCCCCCC(=O)NC(CO)C(O)CCCCCCCCCCCCCC. The maximum absolute atomic E-state index is 12.5. The van der Waals surface area contributed by atoms with Crippen LogP contribution >= 0.6 is 0 Å². The second kappa shape index (κ2) is 66.4. The molecular weight excluding hydrogens is 935 g/mol. The van der Waals surface area contributed by atoms with Crippen molar-refractivity contribution in [2.75, 3.05) is 13.2 Å². The Kier molecular flexibility index (Phi) is 65.4. The molecular formula is C70H139NO5. The van der Waals surface area contributed by atoms with Crippen molar-refractivity contribution >= 4 is 11.9 Å². The summed E-state index contributed by atoms with van der Waals surface area (Å²) in [6.07, 6.45) is 80.3. The Balaban J connectivity index is 3.28. The lowest BCUT2D eigenvalue weighted by Gasteiger charge is -2.22. The molecule has 0 aliphatic carbocycles. The number of aliphatic hydroxyl groups is 2. The summed E-state index contributed by atoms with van der Waals surface area (Å²) in [5.74, 6) is -0.00316. The fraction of sp³-hybridized carbons (Fsp3) is 0.971. The highest BCUT2D eigenvalue weighted by Crippen LogP contribution is 2.20. The standard InChI is InChI=1S/C70H139NO5/c1-3-5-7-9-11-13-15-42-46-50-54-58-62-68(73)67(66-72)71-69(74)63-59-55-51-47-43-40-38-36-34-32-30-28-26-24-22-20-18-17-19-21-23-25-27-29-31-33-35-37-39-41-45-49-53-57-61-65-76-70(75)64-60-56-52-48-44-16-14-12-10-8-6-4-2/h67-68,72-73H,3-66H2,1-2H3,(H,71,74). The van der Waals surface area contributed by atoms with E-state index < -0.39 is 12.1 Å². The van der Waals surface area contributed by atoms with Gasteiger partial charge in [0, 0.05) is 12.8 Å². The summed E-state index contributed by atoms with van der Waals surface area (Å²) in [6, 6.07) is -0.535. The number of hydrogen-bond acceptors (Lipinski definition) is 5. The van der Waals surface area contributed by atoms with Gasteiger partial charge in [0.1, 0.15) is 0 Å². The van der Waals surface area contributed by atoms with Gasteiger partial charge in [-0.25, -0.2) is 0 Å². The monoisotopic (exact) mass is 1070 g/mol. The average molecular weight is 1070 g/mol. The minimum absolute atomic E-state index is 0.0242. The van der Waals surface area contributed by atoms with E-state index >= 15 is 0 Å². The molecule has 0 saturated carbocycles. The molecule has 76 heavy (non-hydrogen) atoms. The molecule has 0 spiro atoms. The van der Waals surface area contributed by atoms with E-state index in [4.69, 9.17) is 4.74 Å². The van der Waals surface area contributed by atoms with Crippen molar-refractivity contribution in [3.63, 3.8) is 0 Å². The summed E-state index contributed by atoms with van der Waals surface area (Å²) in [5, 5.41) is 23.3. The number of nitrogens with one attached hydrogen (secondary N) is 1. The molecule has 0 heterocycles. The van der Waals surface area contributed by atoms with Crippen molar-refractivity contribution in [2.45, 2.75) is 424 Å². The van der Waals surface area contributed by atoms with Gasteiger partial charge in [0.25, 0.3) is 0 Å². The van der Waals surface area contributed by atoms with Crippen LogP contribution in [0, 0.1) is 0 Å². The highest BCUT2D eigenvalue weighted by molar-refractivity contribution is 5.76. The summed E-state index contributed by atoms with van der Waals surface area (Å²) in [5.41, 5.74) is 0. The molecule has 1 amide bonds. The lowest BCUT2D eigenvalue weighted by atomic mass is 10.0. The maximum Gasteiger partial charge on any atom is 0.305 e. The van der Waals surface area contributed by atoms with Gasteiger partial charge in [0.15, 0.2) is 0 Å². The lowest BCUT2D eigenvalue weighted by molar-refractivity contribution is -0.143. The quantitative estimate of drug-likeness (QED) is 0.0417. The summed E-state index contributed by atoms with van der Waals surface area (Å²) in [6.45, 7) is 4.99. The summed E-state index contributed by atoms with van der Waals surface area (Å²) >= 11 is 0. The Labute approximate surface area is 476 Å². The zero-order chi connectivity index (χ0) is 55.0. The Hall–Kier alpha value is -1.14. The van der Waals surface area contributed by atoms with Crippen molar-refractivity contribution in [1.82, 2.24) is 5.32 Å². The first-order valence-electron chi connectivity index (χ1n) is 35.3. The first kappa shape index (κ1) is 74.9. The number of esters is 1. The summed E-state index contributed by atoms with van der Waals surface area (Å²) in [4.78, 5) is 24.5. The maximum atomic E-state index is 12.5. The number of rotatable bonds is 67. The van der Waals surface area contributed by atoms with Crippen LogP contribution in [0.5, 0.6) is 0 Å². The molecule has 2 unspecified atom stereocenters. The second-order valence-corrected chi connectivity index (χ2v) is 24.6. The van der Waals surface area contributed by atoms with Crippen LogP contribution in [-0.4, -0.2) is 47.4 Å². The van der Waals surface area contributed by atoms with Gasteiger partial charge in [0.2, 0.25) is 5.91 Å². The van der Waals surface area contributed by atoms with Crippen LogP contribution in [0.25, 0.3) is 0 Å². The zero-order valence-electron chi connectivity index (χ0n) is 52.0. The molecule has 0 aromatic carbocycles. The third-order valence-corrected chi connectivity index (χ3v) is 16.9. The van der Waals surface area contributed by atoms with Crippen LogP contribution in [0.2, 0.25) is 0 Å². The fourth-order valence-electron chi connectivity index (χ4n) is 11.5. The highest BCUT2D eigenvalue weighted by atomic mass is 16.5. The Bertz CT molecular complexity index is 1100. The van der Waals surface area contributed by atoms with E-state index in [9.17, 15) is 19.8 Å². The average Bonchev–Trinajstić information content (AvgIpc) is 3.42. The van der Waals surface area contributed by atoms with Crippen molar-refractivity contribution < 1.29 is 24.5 Å². The van der Waals surface area contributed by atoms with Crippen molar-refractivity contribution in [1.29, 1.82) is 0 Å². The third-order valence-electron chi connectivity index (χ3n) is 16.9. The predicted octanol–water partition coefficient (Wildman–Crippen LogP) is 22.6. The van der Waals surface area contributed by atoms with Crippen molar-refractivity contribution in [3.05, 3.63) is 0 Å². The van der Waals surface area contributed by atoms with E-state index in [-0.39, 0.29) is 18.5 Å². The Morgan fingerprint density at radius 1 is 0.316 bits per heavy atom. The molecule has 0 aromatic rings. The third kappa shape index (κ3) is 62.1. The molecule has 3 N–H and O–H groups in total. The van der Waals surface area contributed by atoms with E-state index in [0.717, 1.165) is 38.5 Å². The van der Waals surface area contributed by atoms with E-state index in [1.165, 1.54) is 340 Å². The second-order valence-electron chi connectivity index (χ2n) is 24.6. The molecule has 2 atom stereocenters. The molecule has 0 radical (unpaired) electrons. The van der Waals surface area contributed by atoms with Crippen LogP contribution in [0.1, 0.15) is 412 Å². The number of hydrogen-bond donors (Lipinski definition) is 3. The first-order valence-corrected chi connectivity index (χ1v) is 35.3. The molecule has 0 aliphatic rings. The number of ether oxygens (including phenoxy) is 1. The van der Waals surface area contributed by atoms with Crippen molar-refractivity contribution in [2.24, 2.45) is 0 Å². The minimum Gasteiger partial charge on any atom is -0.466 e. The molecule has 0 saturated heterocycles. The number of carbonyl (C=O) groups excluding carboxylic acids is 2. The largest absolute Gasteiger partial charge is 0.466 e. The predicted molar refractivity (Wildman–Crippen MR) is 334 cm³/mol. The van der Waals surface area contributed by atoms with Gasteiger partial charge in [-0.1, -0.05) is 373 Å². The smallest absolute Gasteiger partial charge is 0.305 e. The Morgan fingerprint density at radius 2 is 0.539 bits per heavy atom. The first-order chi connectivity index (χ1) is 37.5. The molecule has 0 bridgehead atoms. The van der Waals surface area contributed by atoms with Crippen LogP contribution < -0.4 is 5.32 Å². The number of aliphatic hydroxyl groups excluding tert-OH is 2. The fourth-order valence-corrected chi connectivity index (χ4v) is 11.5. The van der Waals surface area contributed by atoms with Gasteiger partial charge in [-0.15, -0.1) is 0 Å². The van der Waals surface area contributed by atoms with Crippen LogP contribution in [0.3, 0.4) is 0 Å². The van der Waals surface area contributed by atoms with Crippen molar-refractivity contribution in [3.8, 4) is 0 Å². The normalized spacial score (nSPS) is 12.4. The van der Waals surface area contributed by atoms with Gasteiger partial charge in [0.05, 0.1) is 25.4 Å². The highest BCUT2D eigenvalue weighted by Gasteiger charge is 2.20. The van der Waals surface area contributed by atoms with E-state index in [0.29, 0.717) is 25.9 Å². The van der Waals surface area contributed by atoms with E-state index in [1.54, 1.807) is 0 Å². The Morgan fingerprint density at radius 3 is 0.803 bits per heavy atom. The molecule has 0 rings (SSSR count). The molecule has 6 heteroatoms. The number of carbonyl (C=O) groups is 2. The molecule has 0 fully saturated rings. The van der Waals surface area contributed by atoms with Gasteiger partial charge >= 0.3 is 5.97 Å². The molecule has 0 aliphatic heterocycles. The summed E-state index contributed by atoms with van der Waals surface area (Å²) in [7, 11) is 0.